The van der Waals surface area contributed by atoms with Gasteiger partial charge in [0.05, 0.1) is 12.7 Å². The molecule has 7 nitrogen and oxygen atoms in total. The average Bonchev–Trinajstić information content (AvgIpc) is 2.46. The molecule has 0 spiro atoms. The van der Waals surface area contributed by atoms with Gasteiger partial charge in [0.25, 0.3) is 0 Å². The highest BCUT2D eigenvalue weighted by molar-refractivity contribution is 6.71. The summed E-state index contributed by atoms with van der Waals surface area (Å²) in [4.78, 5) is 12.2. The minimum Gasteiger partial charge on any atom is -0.415 e. The lowest BCUT2D eigenvalue weighted by Gasteiger charge is -2.50. The molecule has 0 aromatic carbocycles. The van der Waals surface area contributed by atoms with Crippen molar-refractivity contribution in [3.63, 3.8) is 0 Å². The molecule has 184 valence electrons. The van der Waals surface area contributed by atoms with E-state index in [1.807, 2.05) is 0 Å². The number of rotatable bonds is 10. The van der Waals surface area contributed by atoms with E-state index in [0.29, 0.717) is 6.61 Å². The van der Waals surface area contributed by atoms with Crippen LogP contribution >= 0.6 is 0 Å². The van der Waals surface area contributed by atoms with Gasteiger partial charge >= 0.3 is 0 Å². The zero-order valence-corrected chi connectivity index (χ0v) is 26.0. The Labute approximate surface area is 194 Å². The van der Waals surface area contributed by atoms with Crippen molar-refractivity contribution in [1.82, 2.24) is 5.32 Å². The smallest absolute Gasteiger partial charge is 0.217 e. The Hall–Kier alpha value is 0.138. The van der Waals surface area contributed by atoms with Crippen LogP contribution in [0.1, 0.15) is 6.92 Å². The second-order valence-corrected chi connectivity index (χ2v) is 30.2. The van der Waals surface area contributed by atoms with Gasteiger partial charge in [-0.2, -0.15) is 0 Å². The summed E-state index contributed by atoms with van der Waals surface area (Å²) in [7, 11) is -7.67. The first-order valence-electron chi connectivity index (χ1n) is 11.3. The molecule has 1 rings (SSSR count). The van der Waals surface area contributed by atoms with Crippen molar-refractivity contribution in [1.29, 1.82) is 0 Å². The molecule has 0 saturated carbocycles. The van der Waals surface area contributed by atoms with E-state index in [9.17, 15) is 4.79 Å². The first kappa shape index (κ1) is 29.2. The van der Waals surface area contributed by atoms with E-state index in [4.69, 9.17) is 22.4 Å². The Balaban J connectivity index is 3.45. The molecule has 1 saturated heterocycles. The minimum absolute atomic E-state index is 0.134. The van der Waals surface area contributed by atoms with Crippen molar-refractivity contribution in [2.45, 2.75) is 116 Å². The van der Waals surface area contributed by atoms with Gasteiger partial charge in [-0.15, -0.1) is 0 Å². The minimum atomic E-state index is -1.98. The number of ether oxygens (including phenoxy) is 1. The molecule has 1 aliphatic heterocycles. The molecule has 0 aromatic rings. The fourth-order valence-corrected chi connectivity index (χ4v) is 7.07. The molecule has 1 aliphatic rings. The second-order valence-electron chi connectivity index (χ2n) is 12.3. The van der Waals surface area contributed by atoms with Gasteiger partial charge in [0.2, 0.25) is 5.91 Å². The molecule has 1 amide bonds. The fraction of sp³-hybridized carbons (Fsp3) is 0.950. The van der Waals surface area contributed by atoms with Crippen LogP contribution in [0, 0.1) is 0 Å². The molecule has 0 aromatic heterocycles. The maximum Gasteiger partial charge on any atom is 0.217 e. The van der Waals surface area contributed by atoms with Crippen molar-refractivity contribution < 1.29 is 27.2 Å². The zero-order valence-electron chi connectivity index (χ0n) is 22.0. The van der Waals surface area contributed by atoms with Gasteiger partial charge in [-0.1, -0.05) is 0 Å². The van der Waals surface area contributed by atoms with Crippen LogP contribution in [0.5, 0.6) is 0 Å². The summed E-state index contributed by atoms with van der Waals surface area (Å²) >= 11 is 0. The quantitative estimate of drug-likeness (QED) is 0.441. The first-order chi connectivity index (χ1) is 13.7. The van der Waals surface area contributed by atoms with E-state index >= 15 is 0 Å². The number of hydrogen-bond donors (Lipinski definition) is 1. The third kappa shape index (κ3) is 11.7. The average molecular weight is 510 g/mol. The standard InChI is InChI=1S/C20H47NO6Si4/c1-15(22)21-17-19(26-30(8,9)10)18(25-29(5,6)7)16(14-23-28(2,3)4)24-20(17)27-31(11,12)13/h16-20H,14H2,1-13H3,(H,21,22)/t16-,17-,18+,19-,20-/m1/s1. The largest absolute Gasteiger partial charge is 0.415 e. The van der Waals surface area contributed by atoms with Crippen LogP contribution in [-0.2, 0) is 27.2 Å². The first-order valence-corrected chi connectivity index (χ1v) is 24.9. The zero-order chi connectivity index (χ0) is 24.4. The lowest BCUT2D eigenvalue weighted by atomic mass is 9.97. The highest BCUT2D eigenvalue weighted by Crippen LogP contribution is 2.32. The lowest BCUT2D eigenvalue weighted by molar-refractivity contribution is -0.238. The van der Waals surface area contributed by atoms with Gasteiger partial charge in [0.1, 0.15) is 18.2 Å². The van der Waals surface area contributed by atoms with Crippen LogP contribution < -0.4 is 5.32 Å². The summed E-state index contributed by atoms with van der Waals surface area (Å²) in [6, 6.07) is -0.444. The number of carbonyl (C=O) groups is 1. The van der Waals surface area contributed by atoms with E-state index in [-0.39, 0.29) is 24.2 Å². The van der Waals surface area contributed by atoms with Crippen molar-refractivity contribution in [2.24, 2.45) is 0 Å². The molecule has 0 bridgehead atoms. The van der Waals surface area contributed by atoms with Gasteiger partial charge in [-0.25, -0.2) is 0 Å². The summed E-state index contributed by atoms with van der Waals surface area (Å²) in [5, 5.41) is 3.07. The third-order valence-corrected chi connectivity index (χ3v) is 8.08. The maximum atomic E-state index is 12.2. The number of hydrogen-bond acceptors (Lipinski definition) is 6. The molecular formula is C20H47NO6Si4. The van der Waals surface area contributed by atoms with Crippen LogP contribution in [0.2, 0.25) is 78.6 Å². The maximum absolute atomic E-state index is 12.2. The van der Waals surface area contributed by atoms with Crippen molar-refractivity contribution in [3.8, 4) is 0 Å². The Bertz CT molecular complexity index is 594. The highest BCUT2D eigenvalue weighted by atomic mass is 28.4. The van der Waals surface area contributed by atoms with E-state index in [1.54, 1.807) is 0 Å². The molecule has 5 atom stereocenters. The van der Waals surface area contributed by atoms with Crippen LogP contribution in [0.3, 0.4) is 0 Å². The van der Waals surface area contributed by atoms with Gasteiger partial charge in [0.15, 0.2) is 39.6 Å². The van der Waals surface area contributed by atoms with E-state index < -0.39 is 45.6 Å². The summed E-state index contributed by atoms with van der Waals surface area (Å²) < 4.78 is 32.5. The summed E-state index contributed by atoms with van der Waals surface area (Å²) in [5.41, 5.74) is 0. The Morgan fingerprint density at radius 1 is 0.742 bits per heavy atom. The van der Waals surface area contributed by atoms with Gasteiger partial charge in [0, 0.05) is 6.92 Å². The Morgan fingerprint density at radius 2 is 1.19 bits per heavy atom. The molecule has 0 radical (unpaired) electrons. The molecular weight excluding hydrogens is 463 g/mol. The van der Waals surface area contributed by atoms with Crippen LogP contribution in [0.15, 0.2) is 0 Å². The molecule has 11 heteroatoms. The summed E-state index contributed by atoms with van der Waals surface area (Å²) in [6.07, 6.45) is -1.64. The van der Waals surface area contributed by atoms with Crippen molar-refractivity contribution in [2.75, 3.05) is 6.61 Å². The van der Waals surface area contributed by atoms with Crippen molar-refractivity contribution in [3.05, 3.63) is 0 Å². The van der Waals surface area contributed by atoms with Gasteiger partial charge in [-0.05, 0) is 78.6 Å². The number of amides is 1. The molecule has 0 unspecified atom stereocenters. The van der Waals surface area contributed by atoms with Gasteiger partial charge in [-0.3, -0.25) is 4.79 Å². The molecule has 1 N–H and O–H groups in total. The number of carbonyl (C=O) groups excluding carboxylic acids is 1. The molecule has 1 fully saturated rings. The molecule has 1 heterocycles. The van der Waals surface area contributed by atoms with Crippen LogP contribution in [0.4, 0.5) is 0 Å². The SMILES string of the molecule is CC(=O)N[C@H]1[C@@H](O[Si](C)(C)C)O[C@H](CO[Si](C)(C)C)[C@H](O[Si](C)(C)C)[C@@H]1O[Si](C)(C)C. The summed E-state index contributed by atoms with van der Waals surface area (Å²) in [6.45, 7) is 27.7. The Kier molecular flexibility index (Phi) is 9.97. The topological polar surface area (TPSA) is 75.3 Å². The predicted octanol–water partition coefficient (Wildman–Crippen LogP) is 4.36. The Morgan fingerprint density at radius 3 is 1.58 bits per heavy atom. The van der Waals surface area contributed by atoms with Crippen LogP contribution in [0.25, 0.3) is 0 Å². The monoisotopic (exact) mass is 509 g/mol. The normalized spacial score (nSPS) is 28.5. The molecule has 0 aliphatic carbocycles. The van der Waals surface area contributed by atoms with Gasteiger partial charge < -0.3 is 27.8 Å². The third-order valence-electron chi connectivity index (χ3n) is 4.15. The summed E-state index contributed by atoms with van der Waals surface area (Å²) in [5.74, 6) is -0.134. The van der Waals surface area contributed by atoms with Crippen LogP contribution in [-0.4, -0.2) is 76.4 Å². The fourth-order valence-electron chi connectivity index (χ4n) is 3.31. The highest BCUT2D eigenvalue weighted by Gasteiger charge is 2.51. The number of nitrogens with one attached hydrogen (secondary N) is 1. The second kappa shape index (κ2) is 10.6. The van der Waals surface area contributed by atoms with E-state index in [0.717, 1.165) is 0 Å². The predicted molar refractivity (Wildman–Crippen MR) is 136 cm³/mol. The lowest BCUT2D eigenvalue weighted by Crippen LogP contribution is -2.69. The molecule has 31 heavy (non-hydrogen) atoms. The van der Waals surface area contributed by atoms with Crippen molar-refractivity contribution >= 4 is 39.2 Å². The van der Waals surface area contributed by atoms with E-state index in [1.165, 1.54) is 6.92 Å². The van der Waals surface area contributed by atoms with E-state index in [2.05, 4.69) is 83.9 Å².